The molecule has 0 saturated carbocycles. The van der Waals surface area contributed by atoms with E-state index in [-0.39, 0.29) is 6.04 Å². The number of rotatable bonds is 4. The molecule has 0 spiro atoms. The molecule has 0 bridgehead atoms. The van der Waals surface area contributed by atoms with Gasteiger partial charge < -0.3 is 9.84 Å². The van der Waals surface area contributed by atoms with Gasteiger partial charge in [0, 0.05) is 12.6 Å². The van der Waals surface area contributed by atoms with Crippen LogP contribution in [0, 0.1) is 6.92 Å². The van der Waals surface area contributed by atoms with Gasteiger partial charge in [-0.15, -0.1) is 0 Å². The Bertz CT molecular complexity index is 597. The lowest BCUT2D eigenvalue weighted by Gasteiger charge is -2.22. The van der Waals surface area contributed by atoms with Gasteiger partial charge >= 0.3 is 0 Å². The van der Waals surface area contributed by atoms with Gasteiger partial charge in [-0.2, -0.15) is 10.1 Å². The Morgan fingerprint density at radius 3 is 2.86 bits per heavy atom. The summed E-state index contributed by atoms with van der Waals surface area (Å²) in [6.07, 6.45) is 5.31. The van der Waals surface area contributed by atoms with Crippen LogP contribution in [-0.2, 0) is 6.42 Å². The van der Waals surface area contributed by atoms with Gasteiger partial charge in [-0.1, -0.05) is 12.1 Å². The van der Waals surface area contributed by atoms with Gasteiger partial charge in [0.1, 0.15) is 6.04 Å². The highest BCUT2D eigenvalue weighted by Gasteiger charge is 2.22. The van der Waals surface area contributed by atoms with Gasteiger partial charge in [0.25, 0.3) is 5.89 Å². The van der Waals surface area contributed by atoms with E-state index >= 15 is 0 Å². The Morgan fingerprint density at radius 2 is 2.19 bits per heavy atom. The molecule has 1 fully saturated rings. The Balaban J connectivity index is 1.82. The highest BCUT2D eigenvalue weighted by Crippen LogP contribution is 2.28. The number of aryl methyl sites for hydroxylation is 2. The van der Waals surface area contributed by atoms with Gasteiger partial charge in [-0.3, -0.25) is 4.68 Å². The number of piperidine rings is 1. The van der Waals surface area contributed by atoms with Crippen LogP contribution in [0.25, 0.3) is 0 Å². The zero-order valence-electron chi connectivity index (χ0n) is 13.0. The van der Waals surface area contributed by atoms with Crippen molar-refractivity contribution in [1.82, 2.24) is 25.2 Å². The topological polar surface area (TPSA) is 68.8 Å². The van der Waals surface area contributed by atoms with Gasteiger partial charge in [0.15, 0.2) is 5.82 Å². The van der Waals surface area contributed by atoms with Crippen molar-refractivity contribution < 1.29 is 4.52 Å². The summed E-state index contributed by atoms with van der Waals surface area (Å²) < 4.78 is 7.29. The van der Waals surface area contributed by atoms with Crippen molar-refractivity contribution in [1.29, 1.82) is 0 Å². The fraction of sp³-hybridized carbons (Fsp3) is 0.667. The molecule has 1 atom stereocenters. The molecule has 2 aromatic rings. The molecule has 0 amide bonds. The van der Waals surface area contributed by atoms with E-state index in [0.29, 0.717) is 11.8 Å². The SMILES string of the molecule is CCc1noc([C@@H](C)n2cc(C3CCNCC3)c(C)n2)n1. The minimum atomic E-state index is -0.0213. The molecule has 3 rings (SSSR count). The predicted molar refractivity (Wildman–Crippen MR) is 79.3 cm³/mol. The number of nitrogens with one attached hydrogen (secondary N) is 1. The van der Waals surface area contributed by atoms with Crippen molar-refractivity contribution in [3.8, 4) is 0 Å². The Labute approximate surface area is 124 Å². The maximum Gasteiger partial charge on any atom is 0.251 e. The van der Waals surface area contributed by atoms with E-state index in [1.165, 1.54) is 18.4 Å². The second kappa shape index (κ2) is 5.97. The van der Waals surface area contributed by atoms with Crippen LogP contribution in [-0.4, -0.2) is 33.0 Å². The van der Waals surface area contributed by atoms with E-state index in [1.807, 2.05) is 18.5 Å². The van der Waals surface area contributed by atoms with Crippen LogP contribution in [0.1, 0.15) is 61.6 Å². The first-order chi connectivity index (χ1) is 10.2. The van der Waals surface area contributed by atoms with Gasteiger partial charge in [-0.25, -0.2) is 0 Å². The lowest BCUT2D eigenvalue weighted by atomic mass is 9.91. The average molecular weight is 289 g/mol. The van der Waals surface area contributed by atoms with Gasteiger partial charge in [0.2, 0.25) is 0 Å². The summed E-state index contributed by atoms with van der Waals surface area (Å²) in [5.41, 5.74) is 2.47. The van der Waals surface area contributed by atoms with Crippen molar-refractivity contribution in [3.63, 3.8) is 0 Å². The largest absolute Gasteiger partial charge is 0.337 e. The third kappa shape index (κ3) is 2.85. The number of hydrogen-bond acceptors (Lipinski definition) is 5. The van der Waals surface area contributed by atoms with E-state index in [1.54, 1.807) is 0 Å². The first kappa shape index (κ1) is 14.3. The predicted octanol–water partition coefficient (Wildman–Crippen LogP) is 2.21. The molecule has 1 N–H and O–H groups in total. The molecule has 0 radical (unpaired) electrons. The highest BCUT2D eigenvalue weighted by molar-refractivity contribution is 5.22. The number of hydrogen-bond donors (Lipinski definition) is 1. The number of aromatic nitrogens is 4. The van der Waals surface area contributed by atoms with Gasteiger partial charge in [0.05, 0.1) is 5.69 Å². The molecule has 6 nitrogen and oxygen atoms in total. The van der Waals surface area contributed by atoms with Crippen LogP contribution in [0.5, 0.6) is 0 Å². The average Bonchev–Trinajstić information content (AvgIpc) is 3.14. The molecule has 21 heavy (non-hydrogen) atoms. The summed E-state index contributed by atoms with van der Waals surface area (Å²) in [6.45, 7) is 8.34. The van der Waals surface area contributed by atoms with E-state index < -0.39 is 0 Å². The van der Waals surface area contributed by atoms with E-state index in [4.69, 9.17) is 4.52 Å². The third-order valence-corrected chi connectivity index (χ3v) is 4.29. The van der Waals surface area contributed by atoms with Crippen LogP contribution in [0.15, 0.2) is 10.7 Å². The summed E-state index contributed by atoms with van der Waals surface area (Å²) in [5.74, 6) is 1.99. The smallest absolute Gasteiger partial charge is 0.251 e. The molecular formula is C15H23N5O. The maximum atomic E-state index is 5.33. The van der Waals surface area contributed by atoms with E-state index in [9.17, 15) is 0 Å². The monoisotopic (exact) mass is 289 g/mol. The second-order valence-corrected chi connectivity index (χ2v) is 5.75. The highest BCUT2D eigenvalue weighted by atomic mass is 16.5. The third-order valence-electron chi connectivity index (χ3n) is 4.29. The molecule has 0 aliphatic carbocycles. The first-order valence-electron chi connectivity index (χ1n) is 7.78. The van der Waals surface area contributed by atoms with Crippen molar-refractivity contribution in [2.24, 2.45) is 0 Å². The maximum absolute atomic E-state index is 5.33. The minimum absolute atomic E-state index is 0.0213. The Morgan fingerprint density at radius 1 is 1.43 bits per heavy atom. The summed E-state index contributed by atoms with van der Waals surface area (Å²) >= 11 is 0. The lowest BCUT2D eigenvalue weighted by molar-refractivity contribution is 0.333. The van der Waals surface area contributed by atoms with Crippen molar-refractivity contribution in [3.05, 3.63) is 29.2 Å². The zero-order chi connectivity index (χ0) is 14.8. The molecular weight excluding hydrogens is 266 g/mol. The van der Waals surface area contributed by atoms with Crippen LogP contribution in [0.2, 0.25) is 0 Å². The standard InChI is InChI=1S/C15H23N5O/c1-4-14-17-15(21-19-14)11(3)20-9-13(10(2)18-20)12-5-7-16-8-6-12/h9,11-12,16H,4-8H2,1-3H3/t11-/m1/s1. The first-order valence-corrected chi connectivity index (χ1v) is 7.78. The molecule has 3 heterocycles. The zero-order valence-corrected chi connectivity index (χ0v) is 13.0. The summed E-state index contributed by atoms with van der Waals surface area (Å²) in [5, 5.41) is 12.0. The molecule has 1 aliphatic heterocycles. The molecule has 0 aromatic carbocycles. The molecule has 1 aliphatic rings. The molecule has 114 valence electrons. The van der Waals surface area contributed by atoms with Crippen LogP contribution in [0.4, 0.5) is 0 Å². The van der Waals surface area contributed by atoms with Gasteiger partial charge in [-0.05, 0) is 51.3 Å². The minimum Gasteiger partial charge on any atom is -0.337 e. The molecule has 0 unspecified atom stereocenters. The van der Waals surface area contributed by atoms with E-state index in [2.05, 4.69) is 33.7 Å². The molecule has 6 heteroatoms. The summed E-state index contributed by atoms with van der Waals surface area (Å²) in [6, 6.07) is -0.0213. The summed E-state index contributed by atoms with van der Waals surface area (Å²) in [7, 11) is 0. The quantitative estimate of drug-likeness (QED) is 0.934. The number of nitrogens with zero attached hydrogens (tertiary/aromatic N) is 4. The van der Waals surface area contributed by atoms with Crippen molar-refractivity contribution in [2.75, 3.05) is 13.1 Å². The van der Waals surface area contributed by atoms with Crippen LogP contribution < -0.4 is 5.32 Å². The Hall–Kier alpha value is -1.69. The van der Waals surface area contributed by atoms with Crippen molar-refractivity contribution in [2.45, 2.75) is 52.0 Å². The molecule has 1 saturated heterocycles. The van der Waals surface area contributed by atoms with Crippen LogP contribution in [0.3, 0.4) is 0 Å². The normalized spacial score (nSPS) is 18.0. The fourth-order valence-electron chi connectivity index (χ4n) is 2.92. The van der Waals surface area contributed by atoms with Crippen LogP contribution >= 0.6 is 0 Å². The molecule has 2 aromatic heterocycles. The van der Waals surface area contributed by atoms with E-state index in [0.717, 1.165) is 31.0 Å². The Kier molecular flexibility index (Phi) is 4.05. The summed E-state index contributed by atoms with van der Waals surface area (Å²) in [4.78, 5) is 4.41. The fourth-order valence-corrected chi connectivity index (χ4v) is 2.92. The second-order valence-electron chi connectivity index (χ2n) is 5.75. The lowest BCUT2D eigenvalue weighted by Crippen LogP contribution is -2.26. The van der Waals surface area contributed by atoms with Crippen molar-refractivity contribution >= 4 is 0 Å².